The number of benzene rings is 1. The van der Waals surface area contributed by atoms with Gasteiger partial charge in [-0.05, 0) is 55.0 Å². The van der Waals surface area contributed by atoms with E-state index in [4.69, 9.17) is 4.74 Å². The van der Waals surface area contributed by atoms with Crippen LogP contribution in [0.25, 0.3) is 0 Å². The minimum Gasteiger partial charge on any atom is -0.444 e. The van der Waals surface area contributed by atoms with Crippen LogP contribution < -0.4 is 5.32 Å². The topological polar surface area (TPSA) is 41.6 Å². The van der Waals surface area contributed by atoms with Crippen molar-refractivity contribution in [2.24, 2.45) is 0 Å². The van der Waals surface area contributed by atoms with E-state index in [0.29, 0.717) is 0 Å². The number of para-hydroxylation sites is 1. The number of hydrogen-bond acceptors (Lipinski definition) is 3. The molecule has 5 heteroatoms. The van der Waals surface area contributed by atoms with E-state index in [-0.39, 0.29) is 11.5 Å². The van der Waals surface area contributed by atoms with Crippen LogP contribution in [-0.2, 0) is 10.2 Å². The minimum atomic E-state index is -0.430. The summed E-state index contributed by atoms with van der Waals surface area (Å²) >= 11 is 2.35. The third-order valence-electron chi connectivity index (χ3n) is 3.83. The first kappa shape index (κ1) is 14.0. The molecule has 2 aliphatic heterocycles. The maximum Gasteiger partial charge on any atom is 0.410 e. The van der Waals surface area contributed by atoms with Crippen molar-refractivity contribution in [1.29, 1.82) is 0 Å². The number of nitrogens with one attached hydrogen (secondary N) is 1. The molecule has 1 N–H and O–H groups in total. The number of halogens is 1. The van der Waals surface area contributed by atoms with Gasteiger partial charge in [-0.2, -0.15) is 0 Å². The Hall–Kier alpha value is -0.980. The lowest BCUT2D eigenvalue weighted by Gasteiger charge is -2.47. The van der Waals surface area contributed by atoms with Gasteiger partial charge in [0.15, 0.2) is 0 Å². The van der Waals surface area contributed by atoms with Crippen LogP contribution in [0, 0.1) is 3.57 Å². The highest BCUT2D eigenvalue weighted by Crippen LogP contribution is 2.45. The van der Waals surface area contributed by atoms with Crippen LogP contribution in [0.4, 0.5) is 10.5 Å². The zero-order valence-electron chi connectivity index (χ0n) is 12.0. The third kappa shape index (κ3) is 2.25. The molecular weight excluding hydrogens is 367 g/mol. The number of hydrogen-bond donors (Lipinski definition) is 1. The van der Waals surface area contributed by atoms with Gasteiger partial charge < -0.3 is 15.0 Å². The number of amides is 1. The molecule has 1 spiro atoms. The van der Waals surface area contributed by atoms with Crippen LogP contribution in [0.15, 0.2) is 18.2 Å². The highest BCUT2D eigenvalue weighted by atomic mass is 127. The van der Waals surface area contributed by atoms with Gasteiger partial charge in [0.2, 0.25) is 0 Å². The minimum absolute atomic E-state index is 0.0768. The number of rotatable bonds is 0. The van der Waals surface area contributed by atoms with E-state index in [1.165, 1.54) is 14.8 Å². The Morgan fingerprint density at radius 1 is 1.40 bits per heavy atom. The van der Waals surface area contributed by atoms with Gasteiger partial charge in [-0.25, -0.2) is 4.79 Å². The second-order valence-electron chi connectivity index (χ2n) is 6.63. The molecule has 1 aromatic carbocycles. The van der Waals surface area contributed by atoms with Gasteiger partial charge in [0, 0.05) is 23.2 Å². The number of carbonyl (C=O) groups excluding carboxylic acids is 1. The van der Waals surface area contributed by atoms with Crippen LogP contribution >= 0.6 is 22.6 Å². The smallest absolute Gasteiger partial charge is 0.410 e. The molecule has 0 saturated carbocycles. The predicted octanol–water partition coefficient (Wildman–Crippen LogP) is 3.21. The molecular formula is C15H19IN2O2. The molecule has 1 aromatic rings. The molecule has 108 valence electrons. The van der Waals surface area contributed by atoms with Crippen molar-refractivity contribution in [3.05, 3.63) is 27.3 Å². The lowest BCUT2D eigenvalue weighted by Crippen LogP contribution is -2.62. The van der Waals surface area contributed by atoms with Gasteiger partial charge in [-0.3, -0.25) is 0 Å². The number of carbonyl (C=O) groups is 1. The SMILES string of the molecule is CC(C)(C)OC(=O)N1CC2(CNc3c(I)cccc32)C1. The van der Waals surface area contributed by atoms with Crippen molar-refractivity contribution in [3.8, 4) is 0 Å². The largest absolute Gasteiger partial charge is 0.444 e. The monoisotopic (exact) mass is 386 g/mol. The van der Waals surface area contributed by atoms with Gasteiger partial charge in [-0.15, -0.1) is 0 Å². The van der Waals surface area contributed by atoms with Crippen LogP contribution in [0.2, 0.25) is 0 Å². The summed E-state index contributed by atoms with van der Waals surface area (Å²) in [6.45, 7) is 8.07. The molecule has 1 saturated heterocycles. The Kier molecular flexibility index (Phi) is 3.15. The lowest BCUT2D eigenvalue weighted by molar-refractivity contribution is -0.00628. The zero-order chi connectivity index (χ0) is 14.5. The maximum atomic E-state index is 12.0. The first-order valence-electron chi connectivity index (χ1n) is 6.82. The summed E-state index contributed by atoms with van der Waals surface area (Å²) in [5.41, 5.74) is 2.22. The summed E-state index contributed by atoms with van der Waals surface area (Å²) < 4.78 is 6.66. The second kappa shape index (κ2) is 4.51. The average Bonchev–Trinajstić information content (AvgIpc) is 2.65. The molecule has 0 bridgehead atoms. The fraction of sp³-hybridized carbons (Fsp3) is 0.533. The fourth-order valence-corrected chi connectivity index (χ4v) is 3.61. The van der Waals surface area contributed by atoms with E-state index in [1.807, 2.05) is 20.8 Å². The van der Waals surface area contributed by atoms with Crippen LogP contribution in [0.1, 0.15) is 26.3 Å². The Morgan fingerprint density at radius 3 is 2.75 bits per heavy atom. The Labute approximate surface area is 133 Å². The number of likely N-dealkylation sites (tertiary alicyclic amines) is 1. The van der Waals surface area contributed by atoms with Gasteiger partial charge in [0.25, 0.3) is 0 Å². The Bertz CT molecular complexity index is 559. The molecule has 0 aromatic heterocycles. The van der Waals surface area contributed by atoms with Crippen molar-refractivity contribution in [2.45, 2.75) is 31.8 Å². The van der Waals surface area contributed by atoms with Crippen molar-refractivity contribution >= 4 is 34.4 Å². The molecule has 0 unspecified atom stereocenters. The Balaban J connectivity index is 1.73. The van der Waals surface area contributed by atoms with E-state index < -0.39 is 5.60 Å². The molecule has 0 radical (unpaired) electrons. The zero-order valence-corrected chi connectivity index (χ0v) is 14.2. The summed E-state index contributed by atoms with van der Waals surface area (Å²) in [5.74, 6) is 0. The average molecular weight is 386 g/mol. The van der Waals surface area contributed by atoms with Gasteiger partial charge in [0.05, 0.1) is 11.1 Å². The normalized spacial score (nSPS) is 19.3. The number of ether oxygens (including phenoxy) is 1. The predicted molar refractivity (Wildman–Crippen MR) is 87.1 cm³/mol. The molecule has 0 aliphatic carbocycles. The Morgan fingerprint density at radius 2 is 2.10 bits per heavy atom. The van der Waals surface area contributed by atoms with Crippen LogP contribution in [0.3, 0.4) is 0 Å². The quantitative estimate of drug-likeness (QED) is 0.697. The standard InChI is InChI=1S/C15H19IN2O2/c1-14(2,3)20-13(19)18-8-15(9-18)7-17-12-10(15)5-4-6-11(12)16/h4-6,17H,7-9H2,1-3H3. The van der Waals surface area contributed by atoms with E-state index in [2.05, 4.69) is 46.1 Å². The molecule has 1 amide bonds. The summed E-state index contributed by atoms with van der Waals surface area (Å²) in [7, 11) is 0. The van der Waals surface area contributed by atoms with E-state index in [1.54, 1.807) is 4.90 Å². The maximum absolute atomic E-state index is 12.0. The summed E-state index contributed by atoms with van der Waals surface area (Å²) in [4.78, 5) is 13.8. The van der Waals surface area contributed by atoms with E-state index in [9.17, 15) is 4.79 Å². The van der Waals surface area contributed by atoms with E-state index in [0.717, 1.165) is 19.6 Å². The lowest BCUT2D eigenvalue weighted by atomic mass is 9.75. The first-order chi connectivity index (χ1) is 9.31. The van der Waals surface area contributed by atoms with Crippen molar-refractivity contribution in [1.82, 2.24) is 4.90 Å². The summed E-state index contributed by atoms with van der Waals surface area (Å²) in [6.07, 6.45) is -0.206. The van der Waals surface area contributed by atoms with Crippen molar-refractivity contribution in [3.63, 3.8) is 0 Å². The van der Waals surface area contributed by atoms with Crippen LogP contribution in [-0.4, -0.2) is 36.2 Å². The molecule has 1 fully saturated rings. The van der Waals surface area contributed by atoms with Gasteiger partial charge >= 0.3 is 6.09 Å². The summed E-state index contributed by atoms with van der Waals surface area (Å²) in [6, 6.07) is 6.37. The fourth-order valence-electron chi connectivity index (χ4n) is 2.92. The molecule has 2 aliphatic rings. The molecule has 20 heavy (non-hydrogen) atoms. The van der Waals surface area contributed by atoms with Crippen molar-refractivity contribution < 1.29 is 9.53 Å². The van der Waals surface area contributed by atoms with Gasteiger partial charge in [-0.1, -0.05) is 12.1 Å². The number of nitrogens with zero attached hydrogens (tertiary/aromatic N) is 1. The van der Waals surface area contributed by atoms with E-state index >= 15 is 0 Å². The molecule has 3 rings (SSSR count). The highest BCUT2D eigenvalue weighted by Gasteiger charge is 2.51. The number of anilines is 1. The van der Waals surface area contributed by atoms with Crippen LogP contribution in [0.5, 0.6) is 0 Å². The van der Waals surface area contributed by atoms with Crippen molar-refractivity contribution in [2.75, 3.05) is 25.0 Å². The molecule has 4 nitrogen and oxygen atoms in total. The van der Waals surface area contributed by atoms with Gasteiger partial charge in [0.1, 0.15) is 5.60 Å². The molecule has 2 heterocycles. The molecule has 0 atom stereocenters. The second-order valence-corrected chi connectivity index (χ2v) is 7.79. The first-order valence-corrected chi connectivity index (χ1v) is 7.89. The summed E-state index contributed by atoms with van der Waals surface area (Å²) in [5, 5.41) is 3.48. The number of fused-ring (bicyclic) bond motifs is 2. The third-order valence-corrected chi connectivity index (χ3v) is 4.73. The highest BCUT2D eigenvalue weighted by molar-refractivity contribution is 14.1.